The summed E-state index contributed by atoms with van der Waals surface area (Å²) in [6, 6.07) is 3.55. The molecule has 2 rings (SSSR count). The first-order valence-electron chi connectivity index (χ1n) is 6.69. The van der Waals surface area contributed by atoms with Crippen LogP contribution in [0.3, 0.4) is 0 Å². The van der Waals surface area contributed by atoms with Crippen LogP contribution in [-0.4, -0.2) is 17.1 Å². The second-order valence-electron chi connectivity index (χ2n) is 5.92. The summed E-state index contributed by atoms with van der Waals surface area (Å²) < 4.78 is 12.9. The lowest BCUT2D eigenvalue weighted by Crippen LogP contribution is -2.46. The monoisotopic (exact) mass is 265 g/mol. The lowest BCUT2D eigenvalue weighted by Gasteiger charge is -2.39. The van der Waals surface area contributed by atoms with Gasteiger partial charge >= 0.3 is 0 Å². The Balaban J connectivity index is 2.12. The Labute approximate surface area is 112 Å². The molecule has 1 aromatic rings. The van der Waals surface area contributed by atoms with Crippen molar-refractivity contribution in [1.82, 2.24) is 5.32 Å². The molecule has 1 fully saturated rings. The SMILES string of the molecule is CC1(C)CCCCC1NC(=O)c1ccc(F)cc1O. The van der Waals surface area contributed by atoms with Gasteiger partial charge in [-0.05, 0) is 30.4 Å². The van der Waals surface area contributed by atoms with Gasteiger partial charge in [0.2, 0.25) is 0 Å². The molecule has 1 aromatic carbocycles. The minimum absolute atomic E-state index is 0.0591. The third kappa shape index (κ3) is 3.06. The minimum atomic E-state index is -0.549. The molecule has 0 bridgehead atoms. The summed E-state index contributed by atoms with van der Waals surface area (Å²) in [5.41, 5.74) is 0.187. The van der Waals surface area contributed by atoms with Gasteiger partial charge in [-0.2, -0.15) is 0 Å². The quantitative estimate of drug-likeness (QED) is 0.862. The average molecular weight is 265 g/mol. The number of nitrogens with one attached hydrogen (secondary N) is 1. The zero-order chi connectivity index (χ0) is 14.0. The molecule has 19 heavy (non-hydrogen) atoms. The number of halogens is 1. The summed E-state index contributed by atoms with van der Waals surface area (Å²) in [4.78, 5) is 12.1. The highest BCUT2D eigenvalue weighted by molar-refractivity contribution is 5.97. The minimum Gasteiger partial charge on any atom is -0.507 e. The molecule has 1 amide bonds. The van der Waals surface area contributed by atoms with Crippen molar-refractivity contribution in [1.29, 1.82) is 0 Å². The predicted molar refractivity (Wildman–Crippen MR) is 71.6 cm³/mol. The molecule has 1 atom stereocenters. The van der Waals surface area contributed by atoms with Crippen molar-refractivity contribution in [2.24, 2.45) is 5.41 Å². The standard InChI is InChI=1S/C15H20FNO2/c1-15(2)8-4-3-5-13(15)17-14(19)11-7-6-10(16)9-12(11)18/h6-7,9,13,18H,3-5,8H2,1-2H3,(H,17,19). The third-order valence-electron chi connectivity index (χ3n) is 4.02. The molecule has 0 aromatic heterocycles. The Bertz CT molecular complexity index is 485. The van der Waals surface area contributed by atoms with E-state index < -0.39 is 5.82 Å². The van der Waals surface area contributed by atoms with Gasteiger partial charge in [0.15, 0.2) is 0 Å². The molecule has 0 spiro atoms. The van der Waals surface area contributed by atoms with Gasteiger partial charge in [0, 0.05) is 12.1 Å². The number of phenols is 1. The van der Waals surface area contributed by atoms with Crippen molar-refractivity contribution >= 4 is 5.91 Å². The molecule has 3 nitrogen and oxygen atoms in total. The topological polar surface area (TPSA) is 49.3 Å². The highest BCUT2D eigenvalue weighted by atomic mass is 19.1. The molecule has 1 aliphatic rings. The number of hydrogen-bond acceptors (Lipinski definition) is 2. The Morgan fingerprint density at radius 3 is 2.79 bits per heavy atom. The molecule has 0 heterocycles. The first-order chi connectivity index (χ1) is 8.90. The first-order valence-corrected chi connectivity index (χ1v) is 6.69. The van der Waals surface area contributed by atoms with Gasteiger partial charge in [-0.15, -0.1) is 0 Å². The summed E-state index contributed by atoms with van der Waals surface area (Å²) in [5, 5.41) is 12.6. The lowest BCUT2D eigenvalue weighted by molar-refractivity contribution is 0.0851. The summed E-state index contributed by atoms with van der Waals surface area (Å²) in [5.74, 6) is -1.20. The smallest absolute Gasteiger partial charge is 0.255 e. The summed E-state index contributed by atoms with van der Waals surface area (Å²) in [6.45, 7) is 4.28. The number of carbonyl (C=O) groups is 1. The van der Waals surface area contributed by atoms with Crippen LogP contribution in [0.2, 0.25) is 0 Å². The lowest BCUT2D eigenvalue weighted by atomic mass is 9.73. The van der Waals surface area contributed by atoms with Crippen LogP contribution in [0.1, 0.15) is 49.9 Å². The predicted octanol–water partition coefficient (Wildman–Crippen LogP) is 3.23. The van der Waals surface area contributed by atoms with E-state index in [2.05, 4.69) is 19.2 Å². The molecular formula is C15H20FNO2. The number of hydrogen-bond donors (Lipinski definition) is 2. The number of aromatic hydroxyl groups is 1. The number of rotatable bonds is 2. The zero-order valence-electron chi connectivity index (χ0n) is 11.4. The van der Waals surface area contributed by atoms with Crippen LogP contribution in [0.15, 0.2) is 18.2 Å². The van der Waals surface area contributed by atoms with Crippen LogP contribution in [0.25, 0.3) is 0 Å². The van der Waals surface area contributed by atoms with E-state index in [0.29, 0.717) is 0 Å². The Morgan fingerprint density at radius 2 is 2.16 bits per heavy atom. The Kier molecular flexibility index (Phi) is 3.78. The summed E-state index contributed by atoms with van der Waals surface area (Å²) >= 11 is 0. The summed E-state index contributed by atoms with van der Waals surface area (Å²) in [6.07, 6.45) is 4.30. The van der Waals surface area contributed by atoms with E-state index in [-0.39, 0.29) is 28.7 Å². The fourth-order valence-electron chi connectivity index (χ4n) is 2.69. The van der Waals surface area contributed by atoms with Crippen LogP contribution >= 0.6 is 0 Å². The molecule has 1 aliphatic carbocycles. The van der Waals surface area contributed by atoms with E-state index in [9.17, 15) is 14.3 Å². The van der Waals surface area contributed by atoms with E-state index in [1.807, 2.05) is 0 Å². The van der Waals surface area contributed by atoms with Crippen molar-refractivity contribution in [2.75, 3.05) is 0 Å². The van der Waals surface area contributed by atoms with Crippen molar-refractivity contribution in [2.45, 2.75) is 45.6 Å². The fraction of sp³-hybridized carbons (Fsp3) is 0.533. The van der Waals surface area contributed by atoms with Crippen molar-refractivity contribution in [3.8, 4) is 5.75 Å². The molecule has 1 unspecified atom stereocenters. The second kappa shape index (κ2) is 5.19. The van der Waals surface area contributed by atoms with E-state index in [4.69, 9.17) is 0 Å². The Morgan fingerprint density at radius 1 is 1.42 bits per heavy atom. The second-order valence-corrected chi connectivity index (χ2v) is 5.92. The van der Waals surface area contributed by atoms with E-state index in [1.54, 1.807) is 0 Å². The third-order valence-corrected chi connectivity index (χ3v) is 4.02. The summed E-state index contributed by atoms with van der Waals surface area (Å²) in [7, 11) is 0. The Hall–Kier alpha value is -1.58. The van der Waals surface area contributed by atoms with Gasteiger partial charge in [0.1, 0.15) is 11.6 Å². The average Bonchev–Trinajstić information content (AvgIpc) is 2.31. The van der Waals surface area contributed by atoms with Crippen molar-refractivity contribution in [3.63, 3.8) is 0 Å². The largest absolute Gasteiger partial charge is 0.507 e. The van der Waals surface area contributed by atoms with Gasteiger partial charge in [0.05, 0.1) is 5.56 Å². The van der Waals surface area contributed by atoms with Crippen LogP contribution in [0.4, 0.5) is 4.39 Å². The molecule has 2 N–H and O–H groups in total. The van der Waals surface area contributed by atoms with Crippen LogP contribution < -0.4 is 5.32 Å². The molecule has 0 saturated heterocycles. The molecule has 0 aliphatic heterocycles. The van der Waals surface area contributed by atoms with Gasteiger partial charge in [-0.1, -0.05) is 26.7 Å². The van der Waals surface area contributed by atoms with Gasteiger partial charge in [0.25, 0.3) is 5.91 Å². The fourth-order valence-corrected chi connectivity index (χ4v) is 2.69. The first kappa shape index (κ1) is 13.8. The van der Waals surface area contributed by atoms with E-state index in [0.717, 1.165) is 25.3 Å². The van der Waals surface area contributed by atoms with Gasteiger partial charge in [-0.25, -0.2) is 4.39 Å². The van der Waals surface area contributed by atoms with Crippen LogP contribution in [0, 0.1) is 11.2 Å². The van der Waals surface area contributed by atoms with Gasteiger partial charge in [-0.3, -0.25) is 4.79 Å². The maximum Gasteiger partial charge on any atom is 0.255 e. The number of benzene rings is 1. The van der Waals surface area contributed by atoms with Crippen LogP contribution in [-0.2, 0) is 0 Å². The zero-order valence-corrected chi connectivity index (χ0v) is 11.4. The number of carbonyl (C=O) groups excluding carboxylic acids is 1. The van der Waals surface area contributed by atoms with Crippen molar-refractivity contribution < 1.29 is 14.3 Å². The molecule has 104 valence electrons. The van der Waals surface area contributed by atoms with Gasteiger partial charge < -0.3 is 10.4 Å². The van der Waals surface area contributed by atoms with Crippen LogP contribution in [0.5, 0.6) is 5.75 Å². The normalized spacial score (nSPS) is 21.9. The van der Waals surface area contributed by atoms with E-state index >= 15 is 0 Å². The number of phenolic OH excluding ortho intramolecular Hbond substituents is 1. The molecule has 4 heteroatoms. The molecular weight excluding hydrogens is 245 g/mol. The molecule has 1 saturated carbocycles. The van der Waals surface area contributed by atoms with E-state index in [1.165, 1.54) is 18.6 Å². The number of amides is 1. The highest BCUT2D eigenvalue weighted by Crippen LogP contribution is 2.35. The molecule has 0 radical (unpaired) electrons. The maximum absolute atomic E-state index is 12.9. The highest BCUT2D eigenvalue weighted by Gasteiger charge is 2.33. The van der Waals surface area contributed by atoms with Crippen molar-refractivity contribution in [3.05, 3.63) is 29.6 Å². The maximum atomic E-state index is 12.9.